The maximum atomic E-state index is 10.4. The predicted molar refractivity (Wildman–Crippen MR) is 109 cm³/mol. The molecule has 0 aromatic rings. The van der Waals surface area contributed by atoms with Gasteiger partial charge in [-0.1, -0.05) is 79.8 Å². The highest BCUT2D eigenvalue weighted by Gasteiger charge is 2.10. The summed E-state index contributed by atoms with van der Waals surface area (Å²) in [5.41, 5.74) is 0. The molecule has 0 aromatic heterocycles. The highest BCUT2D eigenvalue weighted by molar-refractivity contribution is 5.66. The third kappa shape index (κ3) is 17.0. The number of hydrogen-bond acceptors (Lipinski definition) is 4. The van der Waals surface area contributed by atoms with Gasteiger partial charge in [0.15, 0.2) is 0 Å². The summed E-state index contributed by atoms with van der Waals surface area (Å²) in [6.07, 6.45) is 20.9. The van der Waals surface area contributed by atoms with E-state index in [1.54, 1.807) is 54.7 Å². The number of aliphatic hydroxyl groups is 3. The minimum Gasteiger partial charge on any atom is -0.481 e. The van der Waals surface area contributed by atoms with Gasteiger partial charge in [0.25, 0.3) is 0 Å². The van der Waals surface area contributed by atoms with E-state index in [0.717, 1.165) is 6.42 Å². The molecule has 0 bridgehead atoms. The van der Waals surface area contributed by atoms with E-state index >= 15 is 0 Å². The molecule has 150 valence electrons. The summed E-state index contributed by atoms with van der Waals surface area (Å²) < 4.78 is 0. The van der Waals surface area contributed by atoms with Crippen LogP contribution in [0, 0.1) is 0 Å². The van der Waals surface area contributed by atoms with Crippen molar-refractivity contribution >= 4 is 5.97 Å². The predicted octanol–water partition coefficient (Wildman–Crippen LogP) is 3.46. The van der Waals surface area contributed by atoms with Crippen LogP contribution in [0.15, 0.2) is 72.9 Å². The molecule has 0 aliphatic heterocycles. The molecule has 0 heterocycles. The standard InChI is InChI=1S/C22H32O5/c1-2-3-9-14-19(23)15-10-6-4-5-7-11-16-20(24)21(25)17-12-8-13-18-22(26)27/h3-12,15-16,19-21,23-25H,2,13-14,17-18H2,1H3,(H,26,27)/b6-4-,7-5+,9-3-,12-8-,15-10+,16-11+/t19-,20?,21+/m1/s1. The summed E-state index contributed by atoms with van der Waals surface area (Å²) in [6.45, 7) is 2.05. The maximum absolute atomic E-state index is 10.4. The third-order valence-electron chi connectivity index (χ3n) is 3.44. The second kappa shape index (κ2) is 17.2. The van der Waals surface area contributed by atoms with Crippen molar-refractivity contribution in [2.75, 3.05) is 0 Å². The van der Waals surface area contributed by atoms with E-state index in [9.17, 15) is 20.1 Å². The molecule has 0 spiro atoms. The van der Waals surface area contributed by atoms with E-state index in [4.69, 9.17) is 5.11 Å². The first-order valence-corrected chi connectivity index (χ1v) is 9.21. The lowest BCUT2D eigenvalue weighted by molar-refractivity contribution is -0.136. The zero-order chi connectivity index (χ0) is 20.3. The van der Waals surface area contributed by atoms with E-state index in [0.29, 0.717) is 12.8 Å². The fourth-order valence-electron chi connectivity index (χ4n) is 1.94. The largest absolute Gasteiger partial charge is 0.481 e. The second-order valence-corrected chi connectivity index (χ2v) is 5.92. The monoisotopic (exact) mass is 376 g/mol. The first kappa shape index (κ1) is 24.8. The van der Waals surface area contributed by atoms with Crippen molar-refractivity contribution in [3.8, 4) is 0 Å². The highest BCUT2D eigenvalue weighted by atomic mass is 16.4. The minimum absolute atomic E-state index is 0.0530. The Labute approximate surface area is 162 Å². The number of carbonyl (C=O) groups is 1. The van der Waals surface area contributed by atoms with Crippen LogP contribution in [0.5, 0.6) is 0 Å². The lowest BCUT2D eigenvalue weighted by Crippen LogP contribution is -2.22. The van der Waals surface area contributed by atoms with Gasteiger partial charge in [-0.2, -0.15) is 0 Å². The normalized spacial score (nSPS) is 16.6. The zero-order valence-corrected chi connectivity index (χ0v) is 15.9. The van der Waals surface area contributed by atoms with Crippen LogP contribution in [-0.2, 0) is 4.79 Å². The Morgan fingerprint density at radius 1 is 0.815 bits per heavy atom. The fourth-order valence-corrected chi connectivity index (χ4v) is 1.94. The number of aliphatic carboxylic acids is 1. The number of allylic oxidation sites excluding steroid dienone is 8. The van der Waals surface area contributed by atoms with Gasteiger partial charge in [-0.15, -0.1) is 0 Å². The Morgan fingerprint density at radius 2 is 1.41 bits per heavy atom. The summed E-state index contributed by atoms with van der Waals surface area (Å²) in [5, 5.41) is 37.7. The Kier molecular flexibility index (Phi) is 15.8. The third-order valence-corrected chi connectivity index (χ3v) is 3.44. The first-order chi connectivity index (χ1) is 13.0. The number of carboxylic acid groups (broad SMARTS) is 1. The van der Waals surface area contributed by atoms with Crippen LogP contribution in [0.4, 0.5) is 0 Å². The molecule has 0 aliphatic rings. The SMILES string of the molecule is CC/C=C\C[C@@H](O)/C=C/C=C\C=C\C=C\C(O)[C@@H](O)C/C=C\CCC(=O)O. The average molecular weight is 376 g/mol. The van der Waals surface area contributed by atoms with Crippen LogP contribution in [0.2, 0.25) is 0 Å². The summed E-state index contributed by atoms with van der Waals surface area (Å²) in [4.78, 5) is 10.4. The topological polar surface area (TPSA) is 98.0 Å². The average Bonchev–Trinajstić information content (AvgIpc) is 2.63. The molecule has 0 radical (unpaired) electrons. The summed E-state index contributed by atoms with van der Waals surface area (Å²) in [7, 11) is 0. The molecule has 0 aromatic carbocycles. The number of carboxylic acids is 1. The van der Waals surface area contributed by atoms with Gasteiger partial charge in [0.1, 0.15) is 0 Å². The molecule has 0 saturated carbocycles. The minimum atomic E-state index is -0.992. The van der Waals surface area contributed by atoms with Crippen molar-refractivity contribution in [1.29, 1.82) is 0 Å². The summed E-state index contributed by atoms with van der Waals surface area (Å²) in [6, 6.07) is 0. The van der Waals surface area contributed by atoms with Gasteiger partial charge >= 0.3 is 5.97 Å². The molecule has 5 heteroatoms. The molecule has 4 N–H and O–H groups in total. The van der Waals surface area contributed by atoms with Gasteiger partial charge in [0.2, 0.25) is 0 Å². The molecular formula is C22H32O5. The lowest BCUT2D eigenvalue weighted by atomic mass is 10.1. The molecule has 0 amide bonds. The first-order valence-electron chi connectivity index (χ1n) is 9.21. The Balaban J connectivity index is 4.06. The van der Waals surface area contributed by atoms with E-state index in [-0.39, 0.29) is 12.8 Å². The van der Waals surface area contributed by atoms with Crippen molar-refractivity contribution in [2.24, 2.45) is 0 Å². The van der Waals surface area contributed by atoms with Gasteiger partial charge in [-0.05, 0) is 25.7 Å². The van der Waals surface area contributed by atoms with E-state index < -0.39 is 24.3 Å². The van der Waals surface area contributed by atoms with Crippen LogP contribution in [-0.4, -0.2) is 44.7 Å². The number of rotatable bonds is 14. The van der Waals surface area contributed by atoms with E-state index in [1.165, 1.54) is 6.08 Å². The highest BCUT2D eigenvalue weighted by Crippen LogP contribution is 2.03. The van der Waals surface area contributed by atoms with Crippen LogP contribution < -0.4 is 0 Å². The Morgan fingerprint density at radius 3 is 2.04 bits per heavy atom. The van der Waals surface area contributed by atoms with Crippen molar-refractivity contribution in [2.45, 2.75) is 57.3 Å². The maximum Gasteiger partial charge on any atom is 0.303 e. The van der Waals surface area contributed by atoms with Gasteiger partial charge in [0, 0.05) is 6.42 Å². The Bertz CT molecular complexity index is 555. The molecule has 0 aliphatic carbocycles. The van der Waals surface area contributed by atoms with Crippen LogP contribution in [0.3, 0.4) is 0 Å². The summed E-state index contributed by atoms with van der Waals surface area (Å²) >= 11 is 0. The molecule has 0 saturated heterocycles. The summed E-state index contributed by atoms with van der Waals surface area (Å²) in [5.74, 6) is -0.861. The van der Waals surface area contributed by atoms with Gasteiger partial charge < -0.3 is 20.4 Å². The lowest BCUT2D eigenvalue weighted by Gasteiger charge is -2.11. The quantitative estimate of drug-likeness (QED) is 0.275. The number of hydrogen-bond donors (Lipinski definition) is 4. The molecular weight excluding hydrogens is 344 g/mol. The van der Waals surface area contributed by atoms with Crippen LogP contribution in [0.1, 0.15) is 39.0 Å². The smallest absolute Gasteiger partial charge is 0.303 e. The van der Waals surface area contributed by atoms with Crippen LogP contribution >= 0.6 is 0 Å². The van der Waals surface area contributed by atoms with Gasteiger partial charge in [-0.25, -0.2) is 0 Å². The van der Waals surface area contributed by atoms with Gasteiger partial charge in [-0.3, -0.25) is 4.79 Å². The molecule has 0 rings (SSSR count). The van der Waals surface area contributed by atoms with E-state index in [1.807, 2.05) is 19.1 Å². The van der Waals surface area contributed by atoms with Crippen LogP contribution in [0.25, 0.3) is 0 Å². The van der Waals surface area contributed by atoms with Crippen molar-refractivity contribution in [3.63, 3.8) is 0 Å². The molecule has 5 nitrogen and oxygen atoms in total. The Hall–Kier alpha value is -2.21. The molecule has 1 unspecified atom stereocenters. The zero-order valence-electron chi connectivity index (χ0n) is 15.9. The molecule has 3 atom stereocenters. The fraction of sp³-hybridized carbons (Fsp3) is 0.409. The van der Waals surface area contributed by atoms with Gasteiger partial charge in [0.05, 0.1) is 18.3 Å². The second-order valence-electron chi connectivity index (χ2n) is 5.92. The van der Waals surface area contributed by atoms with Crippen molar-refractivity contribution in [3.05, 3.63) is 72.9 Å². The van der Waals surface area contributed by atoms with Crippen molar-refractivity contribution < 1.29 is 25.2 Å². The number of aliphatic hydroxyl groups excluding tert-OH is 3. The molecule has 0 fully saturated rings. The molecule has 27 heavy (non-hydrogen) atoms. The van der Waals surface area contributed by atoms with E-state index in [2.05, 4.69) is 0 Å². The van der Waals surface area contributed by atoms with Crippen molar-refractivity contribution in [1.82, 2.24) is 0 Å².